The highest BCUT2D eigenvalue weighted by Gasteiger charge is 2.18. The van der Waals surface area contributed by atoms with Gasteiger partial charge in [0.05, 0.1) is 0 Å². The van der Waals surface area contributed by atoms with Crippen LogP contribution >= 0.6 is 24.8 Å². The molecule has 0 amide bonds. The Labute approximate surface area is 151 Å². The van der Waals surface area contributed by atoms with Crippen LogP contribution < -0.4 is 11.1 Å². The number of anilines is 1. The summed E-state index contributed by atoms with van der Waals surface area (Å²) in [7, 11) is 0. The lowest BCUT2D eigenvalue weighted by molar-refractivity contribution is 0.480. The summed E-state index contributed by atoms with van der Waals surface area (Å²) in [5, 5.41) is 3.62. The first-order chi connectivity index (χ1) is 10.3. The lowest BCUT2D eigenvalue weighted by atomic mass is 9.87. The Morgan fingerprint density at radius 1 is 1.04 bits per heavy atom. The molecule has 1 aliphatic carbocycles. The lowest BCUT2D eigenvalue weighted by Crippen LogP contribution is -2.34. The molecule has 3 rings (SSSR count). The highest BCUT2D eigenvalue weighted by atomic mass is 35.5. The van der Waals surface area contributed by atoms with E-state index in [1.165, 1.54) is 23.1 Å². The Morgan fingerprint density at radius 3 is 2.61 bits per heavy atom. The Morgan fingerprint density at radius 2 is 1.83 bits per heavy atom. The quantitative estimate of drug-likeness (QED) is 0.808. The molecule has 23 heavy (non-hydrogen) atoms. The van der Waals surface area contributed by atoms with Crippen LogP contribution in [0.4, 0.5) is 5.69 Å². The van der Waals surface area contributed by atoms with Crippen LogP contribution in [0.2, 0.25) is 0 Å². The second-order valence-electron chi connectivity index (χ2n) is 5.65. The van der Waals surface area contributed by atoms with Crippen molar-refractivity contribution in [3.63, 3.8) is 0 Å². The highest BCUT2D eigenvalue weighted by molar-refractivity contribution is 5.85. The van der Waals surface area contributed by atoms with Gasteiger partial charge in [0.2, 0.25) is 0 Å². The van der Waals surface area contributed by atoms with Crippen LogP contribution in [0.1, 0.15) is 23.1 Å². The molecule has 124 valence electrons. The third-order valence-corrected chi connectivity index (χ3v) is 4.15. The maximum atomic E-state index is 6.04. The minimum atomic E-state index is 0. The van der Waals surface area contributed by atoms with Crippen LogP contribution in [-0.2, 0) is 12.8 Å². The van der Waals surface area contributed by atoms with Gasteiger partial charge in [0.25, 0.3) is 0 Å². The zero-order chi connectivity index (χ0) is 14.5. The van der Waals surface area contributed by atoms with E-state index in [1.807, 2.05) is 12.1 Å². The van der Waals surface area contributed by atoms with E-state index >= 15 is 0 Å². The molecule has 0 aliphatic heterocycles. The van der Waals surface area contributed by atoms with Gasteiger partial charge in [0.1, 0.15) is 0 Å². The van der Waals surface area contributed by atoms with E-state index in [1.54, 1.807) is 0 Å². The van der Waals surface area contributed by atoms with Gasteiger partial charge in [0.15, 0.2) is 0 Å². The largest absolute Gasteiger partial charge is 0.398 e. The van der Waals surface area contributed by atoms with Crippen LogP contribution in [0.5, 0.6) is 0 Å². The molecule has 2 aromatic carbocycles. The molecule has 1 atom stereocenters. The molecular formula is C19H24Cl2N2. The number of nitrogen functional groups attached to an aromatic ring is 1. The predicted octanol–water partition coefficient (Wildman–Crippen LogP) is 4.27. The Balaban J connectivity index is 0.00000132. The number of halogens is 2. The predicted molar refractivity (Wildman–Crippen MR) is 105 cm³/mol. The first-order valence-corrected chi connectivity index (χ1v) is 7.64. The van der Waals surface area contributed by atoms with Crippen molar-refractivity contribution >= 4 is 36.6 Å². The SMILES string of the molecule is Cl.Cl.Nc1cccc2c1CCC(NC/C=C\c1ccccc1)C2. The molecule has 0 bridgehead atoms. The second kappa shape index (κ2) is 9.61. The molecule has 0 spiro atoms. The topological polar surface area (TPSA) is 38.0 Å². The summed E-state index contributed by atoms with van der Waals surface area (Å²) in [4.78, 5) is 0. The van der Waals surface area contributed by atoms with Gasteiger partial charge < -0.3 is 11.1 Å². The molecule has 0 fully saturated rings. The summed E-state index contributed by atoms with van der Waals surface area (Å²) in [5.41, 5.74) is 11.0. The van der Waals surface area contributed by atoms with Crippen molar-refractivity contribution < 1.29 is 0 Å². The molecule has 0 saturated heterocycles. The Bertz CT molecular complexity index is 627. The summed E-state index contributed by atoms with van der Waals surface area (Å²) in [5.74, 6) is 0. The van der Waals surface area contributed by atoms with Crippen molar-refractivity contribution in [2.75, 3.05) is 12.3 Å². The van der Waals surface area contributed by atoms with E-state index in [4.69, 9.17) is 5.73 Å². The van der Waals surface area contributed by atoms with Crippen molar-refractivity contribution in [2.45, 2.75) is 25.3 Å². The average molecular weight is 351 g/mol. The smallest absolute Gasteiger partial charge is 0.0349 e. The van der Waals surface area contributed by atoms with E-state index in [2.05, 4.69) is 53.9 Å². The van der Waals surface area contributed by atoms with Crippen LogP contribution in [0.15, 0.2) is 54.6 Å². The van der Waals surface area contributed by atoms with Gasteiger partial charge >= 0.3 is 0 Å². The fourth-order valence-electron chi connectivity index (χ4n) is 3.00. The van der Waals surface area contributed by atoms with Crippen molar-refractivity contribution in [3.8, 4) is 0 Å². The molecule has 0 heterocycles. The lowest BCUT2D eigenvalue weighted by Gasteiger charge is -2.26. The molecule has 1 unspecified atom stereocenters. The minimum absolute atomic E-state index is 0. The van der Waals surface area contributed by atoms with Crippen molar-refractivity contribution in [1.82, 2.24) is 5.32 Å². The number of nitrogens with two attached hydrogens (primary N) is 1. The molecule has 0 aromatic heterocycles. The average Bonchev–Trinajstić information content (AvgIpc) is 2.53. The van der Waals surface area contributed by atoms with Gasteiger partial charge in [-0.05, 0) is 42.0 Å². The van der Waals surface area contributed by atoms with E-state index < -0.39 is 0 Å². The van der Waals surface area contributed by atoms with Crippen molar-refractivity contribution in [3.05, 3.63) is 71.3 Å². The second-order valence-corrected chi connectivity index (χ2v) is 5.65. The molecule has 1 aliphatic rings. The Kier molecular flexibility index (Phi) is 8.18. The van der Waals surface area contributed by atoms with Crippen LogP contribution in [0, 0.1) is 0 Å². The van der Waals surface area contributed by atoms with Gasteiger partial charge in [-0.1, -0.05) is 54.6 Å². The first-order valence-electron chi connectivity index (χ1n) is 7.64. The zero-order valence-corrected chi connectivity index (χ0v) is 14.7. The molecule has 2 aromatic rings. The number of fused-ring (bicyclic) bond motifs is 1. The van der Waals surface area contributed by atoms with Gasteiger partial charge in [-0.3, -0.25) is 0 Å². The minimum Gasteiger partial charge on any atom is -0.398 e. The molecule has 4 heteroatoms. The summed E-state index contributed by atoms with van der Waals surface area (Å²) in [6.07, 6.45) is 7.70. The van der Waals surface area contributed by atoms with Crippen molar-refractivity contribution in [1.29, 1.82) is 0 Å². The van der Waals surface area contributed by atoms with E-state index in [-0.39, 0.29) is 24.8 Å². The van der Waals surface area contributed by atoms with Gasteiger partial charge in [-0.2, -0.15) is 0 Å². The first kappa shape index (κ1) is 19.6. The molecule has 3 N–H and O–H groups in total. The normalized spacial score (nSPS) is 16.3. The van der Waals surface area contributed by atoms with Gasteiger partial charge in [-0.25, -0.2) is 0 Å². The number of nitrogens with one attached hydrogen (secondary N) is 1. The molecule has 2 nitrogen and oxygen atoms in total. The third kappa shape index (κ3) is 5.28. The van der Waals surface area contributed by atoms with Gasteiger partial charge in [-0.15, -0.1) is 24.8 Å². The van der Waals surface area contributed by atoms with E-state index in [0.717, 1.165) is 25.1 Å². The fraction of sp³-hybridized carbons (Fsp3) is 0.263. The maximum absolute atomic E-state index is 6.04. The number of hydrogen-bond donors (Lipinski definition) is 2. The van der Waals surface area contributed by atoms with Crippen LogP contribution in [0.25, 0.3) is 6.08 Å². The molecular weight excluding hydrogens is 327 g/mol. The van der Waals surface area contributed by atoms with Crippen molar-refractivity contribution in [2.24, 2.45) is 0 Å². The summed E-state index contributed by atoms with van der Waals surface area (Å²) < 4.78 is 0. The molecule has 0 saturated carbocycles. The number of rotatable bonds is 4. The standard InChI is InChI=1S/C19H22N2.2ClH/c20-19-10-4-9-16-14-17(11-12-18(16)19)21-13-5-8-15-6-2-1-3-7-15;;/h1-10,17,21H,11-14,20H2;2*1H/b8-5-;;. The summed E-state index contributed by atoms with van der Waals surface area (Å²) >= 11 is 0. The highest BCUT2D eigenvalue weighted by Crippen LogP contribution is 2.26. The third-order valence-electron chi connectivity index (χ3n) is 4.15. The zero-order valence-electron chi connectivity index (χ0n) is 13.1. The van der Waals surface area contributed by atoms with Crippen LogP contribution in [0.3, 0.4) is 0 Å². The summed E-state index contributed by atoms with van der Waals surface area (Å²) in [6, 6.07) is 17.2. The number of hydrogen-bond acceptors (Lipinski definition) is 2. The van der Waals surface area contributed by atoms with Gasteiger partial charge in [0, 0.05) is 18.3 Å². The number of benzene rings is 2. The summed E-state index contributed by atoms with van der Waals surface area (Å²) in [6.45, 7) is 0.914. The fourth-order valence-corrected chi connectivity index (χ4v) is 3.00. The monoisotopic (exact) mass is 350 g/mol. The van der Waals surface area contributed by atoms with E-state index in [0.29, 0.717) is 6.04 Å². The maximum Gasteiger partial charge on any atom is 0.0349 e. The molecule has 0 radical (unpaired) electrons. The van der Waals surface area contributed by atoms with Crippen LogP contribution in [-0.4, -0.2) is 12.6 Å². The Hall–Kier alpha value is -1.48. The van der Waals surface area contributed by atoms with E-state index in [9.17, 15) is 0 Å².